The molecule has 3 rings (SSSR count). The van der Waals surface area contributed by atoms with Crippen molar-refractivity contribution < 1.29 is 0 Å². The molecule has 0 atom stereocenters. The highest BCUT2D eigenvalue weighted by molar-refractivity contribution is 5.57. The molecule has 0 unspecified atom stereocenters. The van der Waals surface area contributed by atoms with Gasteiger partial charge in [0.25, 0.3) is 0 Å². The largest absolute Gasteiger partial charge is 0.383 e. The van der Waals surface area contributed by atoms with E-state index in [0.29, 0.717) is 5.95 Å². The van der Waals surface area contributed by atoms with E-state index >= 15 is 0 Å². The molecule has 0 aliphatic rings. The fourth-order valence-electron chi connectivity index (χ4n) is 2.20. The fraction of sp³-hybridized carbons (Fsp3) is 0.250. The van der Waals surface area contributed by atoms with Crippen molar-refractivity contribution in [2.75, 3.05) is 23.7 Å². The molecule has 3 aromatic rings. The van der Waals surface area contributed by atoms with Crippen molar-refractivity contribution in [3.63, 3.8) is 0 Å². The molecule has 0 aliphatic carbocycles. The van der Waals surface area contributed by atoms with Crippen molar-refractivity contribution in [3.8, 4) is 11.3 Å². The molecule has 7 heteroatoms. The van der Waals surface area contributed by atoms with E-state index in [2.05, 4.69) is 30.7 Å². The minimum atomic E-state index is 0.611. The molecule has 7 nitrogen and oxygen atoms in total. The van der Waals surface area contributed by atoms with Crippen LogP contribution in [0.1, 0.15) is 5.56 Å². The van der Waals surface area contributed by atoms with Crippen LogP contribution in [0.25, 0.3) is 11.3 Å². The molecule has 118 valence electrons. The van der Waals surface area contributed by atoms with Crippen molar-refractivity contribution in [2.24, 2.45) is 7.05 Å². The van der Waals surface area contributed by atoms with Crippen LogP contribution in [-0.2, 0) is 7.05 Å². The van der Waals surface area contributed by atoms with Gasteiger partial charge < -0.3 is 10.6 Å². The number of hydrogen-bond acceptors (Lipinski definition) is 6. The Morgan fingerprint density at radius 3 is 2.74 bits per heavy atom. The highest BCUT2D eigenvalue weighted by Crippen LogP contribution is 2.16. The van der Waals surface area contributed by atoms with Gasteiger partial charge in [0.05, 0.1) is 11.9 Å². The molecule has 0 saturated carbocycles. The summed E-state index contributed by atoms with van der Waals surface area (Å²) in [6.07, 6.45) is 9.09. The second-order valence-corrected chi connectivity index (χ2v) is 5.21. The van der Waals surface area contributed by atoms with Gasteiger partial charge in [-0.15, -0.1) is 0 Å². The van der Waals surface area contributed by atoms with Crippen LogP contribution in [0.4, 0.5) is 11.6 Å². The molecule has 0 radical (unpaired) electrons. The summed E-state index contributed by atoms with van der Waals surface area (Å²) in [4.78, 5) is 12.8. The Bertz CT molecular complexity index is 781. The summed E-state index contributed by atoms with van der Waals surface area (Å²) in [6.45, 7) is 3.52. The Morgan fingerprint density at radius 1 is 1.09 bits per heavy atom. The van der Waals surface area contributed by atoms with E-state index in [0.717, 1.165) is 35.6 Å². The van der Waals surface area contributed by atoms with E-state index < -0.39 is 0 Å². The summed E-state index contributed by atoms with van der Waals surface area (Å²) >= 11 is 0. The average molecular weight is 309 g/mol. The molecule has 2 N–H and O–H groups in total. The molecule has 23 heavy (non-hydrogen) atoms. The van der Waals surface area contributed by atoms with E-state index in [1.54, 1.807) is 23.3 Å². The number of nitrogens with one attached hydrogen (secondary N) is 2. The summed E-state index contributed by atoms with van der Waals surface area (Å²) in [5.74, 6) is 0.611. The molecule has 0 saturated heterocycles. The Hall–Kier alpha value is -2.96. The topological polar surface area (TPSA) is 80.5 Å². The standard InChI is InChI=1S/C16H19N7/c1-12-9-17-5-3-14(12)18-7-8-20-16-19-6-4-15(22-16)13-10-21-23(2)11-13/h3-6,9-11H,7-8H2,1-2H3,(H,17,18)(H,19,20,22). The first kappa shape index (κ1) is 15.0. The molecule has 0 spiro atoms. The van der Waals surface area contributed by atoms with E-state index in [1.807, 2.05) is 38.5 Å². The van der Waals surface area contributed by atoms with Gasteiger partial charge in [0.15, 0.2) is 0 Å². The van der Waals surface area contributed by atoms with Crippen LogP contribution >= 0.6 is 0 Å². The third-order valence-electron chi connectivity index (χ3n) is 3.40. The zero-order valence-corrected chi connectivity index (χ0v) is 13.2. The lowest BCUT2D eigenvalue weighted by molar-refractivity contribution is 0.768. The van der Waals surface area contributed by atoms with E-state index in [4.69, 9.17) is 0 Å². The van der Waals surface area contributed by atoms with Crippen LogP contribution in [0.3, 0.4) is 0 Å². The van der Waals surface area contributed by atoms with Gasteiger partial charge >= 0.3 is 0 Å². The molecular weight excluding hydrogens is 290 g/mol. The van der Waals surface area contributed by atoms with Crippen molar-refractivity contribution in [3.05, 3.63) is 48.7 Å². The first-order chi connectivity index (χ1) is 11.2. The Balaban J connectivity index is 1.56. The van der Waals surface area contributed by atoms with Crippen LogP contribution in [0, 0.1) is 6.92 Å². The number of pyridine rings is 1. The van der Waals surface area contributed by atoms with Crippen LogP contribution < -0.4 is 10.6 Å². The Morgan fingerprint density at radius 2 is 1.96 bits per heavy atom. The first-order valence-electron chi connectivity index (χ1n) is 7.43. The maximum absolute atomic E-state index is 4.51. The Kier molecular flexibility index (Phi) is 4.46. The van der Waals surface area contributed by atoms with Crippen molar-refractivity contribution in [1.82, 2.24) is 24.7 Å². The number of aromatic nitrogens is 5. The van der Waals surface area contributed by atoms with E-state index in [9.17, 15) is 0 Å². The minimum absolute atomic E-state index is 0.611. The highest BCUT2D eigenvalue weighted by atomic mass is 15.2. The number of anilines is 2. The van der Waals surface area contributed by atoms with Crippen LogP contribution in [-0.4, -0.2) is 37.8 Å². The number of aryl methyl sites for hydroxylation is 2. The first-order valence-corrected chi connectivity index (χ1v) is 7.43. The lowest BCUT2D eigenvalue weighted by Gasteiger charge is -2.10. The number of hydrogen-bond donors (Lipinski definition) is 2. The lowest BCUT2D eigenvalue weighted by atomic mass is 10.2. The minimum Gasteiger partial charge on any atom is -0.383 e. The van der Waals surface area contributed by atoms with Gasteiger partial charge in [-0.05, 0) is 24.6 Å². The van der Waals surface area contributed by atoms with E-state index in [1.165, 1.54) is 0 Å². The molecule has 3 aromatic heterocycles. The van der Waals surface area contributed by atoms with Crippen molar-refractivity contribution >= 4 is 11.6 Å². The van der Waals surface area contributed by atoms with Crippen LogP contribution in [0.5, 0.6) is 0 Å². The van der Waals surface area contributed by atoms with Gasteiger partial charge in [-0.25, -0.2) is 9.97 Å². The summed E-state index contributed by atoms with van der Waals surface area (Å²) in [6, 6.07) is 3.84. The second kappa shape index (κ2) is 6.87. The van der Waals surface area contributed by atoms with Crippen LogP contribution in [0.15, 0.2) is 43.1 Å². The third kappa shape index (κ3) is 3.82. The smallest absolute Gasteiger partial charge is 0.223 e. The maximum atomic E-state index is 4.51. The Labute approximate surface area is 134 Å². The normalized spacial score (nSPS) is 10.5. The summed E-state index contributed by atoms with van der Waals surface area (Å²) in [5.41, 5.74) is 4.05. The lowest BCUT2D eigenvalue weighted by Crippen LogP contribution is -2.15. The number of rotatable bonds is 6. The van der Waals surface area contributed by atoms with Gasteiger partial charge in [0.1, 0.15) is 0 Å². The molecule has 0 fully saturated rings. The quantitative estimate of drug-likeness (QED) is 0.679. The van der Waals surface area contributed by atoms with Crippen molar-refractivity contribution in [2.45, 2.75) is 6.92 Å². The van der Waals surface area contributed by atoms with Gasteiger partial charge in [-0.3, -0.25) is 9.67 Å². The molecule has 0 amide bonds. The third-order valence-corrected chi connectivity index (χ3v) is 3.40. The molecule has 3 heterocycles. The summed E-state index contributed by atoms with van der Waals surface area (Å²) in [7, 11) is 1.89. The predicted octanol–water partition coefficient (Wildman–Crippen LogP) is 2.10. The van der Waals surface area contributed by atoms with Gasteiger partial charge in [0, 0.05) is 56.2 Å². The second-order valence-electron chi connectivity index (χ2n) is 5.21. The maximum Gasteiger partial charge on any atom is 0.223 e. The number of nitrogens with zero attached hydrogens (tertiary/aromatic N) is 5. The zero-order valence-electron chi connectivity index (χ0n) is 13.2. The molecule has 0 aliphatic heterocycles. The SMILES string of the molecule is Cc1cnccc1NCCNc1nccc(-c2cnn(C)c2)n1. The van der Waals surface area contributed by atoms with Crippen LogP contribution in [0.2, 0.25) is 0 Å². The van der Waals surface area contributed by atoms with E-state index in [-0.39, 0.29) is 0 Å². The molecule has 0 aromatic carbocycles. The van der Waals surface area contributed by atoms with Gasteiger partial charge in [-0.2, -0.15) is 5.10 Å². The zero-order chi connectivity index (χ0) is 16.1. The molecule has 0 bridgehead atoms. The predicted molar refractivity (Wildman–Crippen MR) is 90.2 cm³/mol. The fourth-order valence-corrected chi connectivity index (χ4v) is 2.20. The summed E-state index contributed by atoms with van der Waals surface area (Å²) < 4.78 is 1.76. The highest BCUT2D eigenvalue weighted by Gasteiger charge is 2.04. The molecular formula is C16H19N7. The summed E-state index contributed by atoms with van der Waals surface area (Å²) in [5, 5.41) is 10.7. The average Bonchev–Trinajstić information content (AvgIpc) is 3.00. The van der Waals surface area contributed by atoms with Gasteiger partial charge in [-0.1, -0.05) is 0 Å². The van der Waals surface area contributed by atoms with Gasteiger partial charge in [0.2, 0.25) is 5.95 Å². The monoisotopic (exact) mass is 309 g/mol. The van der Waals surface area contributed by atoms with Crippen molar-refractivity contribution in [1.29, 1.82) is 0 Å².